The predicted molar refractivity (Wildman–Crippen MR) is 61.5 cm³/mol. The van der Waals surface area contributed by atoms with Gasteiger partial charge in [0.2, 0.25) is 0 Å². The summed E-state index contributed by atoms with van der Waals surface area (Å²) in [4.78, 5) is 0. The minimum absolute atomic E-state index is 0.188. The Balaban J connectivity index is 4.13. The monoisotopic (exact) mass is 188 g/mol. The third-order valence-corrected chi connectivity index (χ3v) is 6.42. The van der Waals surface area contributed by atoms with Gasteiger partial charge in [0, 0.05) is 0 Å². The van der Waals surface area contributed by atoms with Crippen molar-refractivity contribution in [1.29, 1.82) is 0 Å². The van der Waals surface area contributed by atoms with Gasteiger partial charge in [-0.2, -0.15) is 0 Å². The molecule has 0 heterocycles. The highest BCUT2D eigenvalue weighted by Crippen LogP contribution is 2.51. The van der Waals surface area contributed by atoms with Gasteiger partial charge in [0.15, 0.2) is 0 Å². The first-order chi connectivity index (χ1) is 5.19. The Kier molecular flexibility index (Phi) is 4.24. The van der Waals surface area contributed by atoms with E-state index in [9.17, 15) is 0 Å². The second kappa shape index (κ2) is 4.09. The van der Waals surface area contributed by atoms with Crippen LogP contribution in [0, 0.1) is 5.41 Å². The molecule has 1 atom stereocenters. The molecule has 0 rings (SSSR count). The highest BCUT2D eigenvalue weighted by atomic mass is 31.1. The van der Waals surface area contributed by atoms with Crippen LogP contribution >= 0.6 is 7.92 Å². The SMILES string of the molecule is CCC(C)(C)P(C)CC(C)(C)C. The summed E-state index contributed by atoms with van der Waals surface area (Å²) in [5.74, 6) is 0. The molecule has 0 aliphatic heterocycles. The molecule has 0 aromatic rings. The van der Waals surface area contributed by atoms with Crippen molar-refractivity contribution in [1.82, 2.24) is 0 Å². The first-order valence-electron chi connectivity index (χ1n) is 4.90. The van der Waals surface area contributed by atoms with Crippen molar-refractivity contribution in [2.24, 2.45) is 5.41 Å². The van der Waals surface area contributed by atoms with Gasteiger partial charge in [-0.15, -0.1) is 7.92 Å². The summed E-state index contributed by atoms with van der Waals surface area (Å²) in [7, 11) is 0.188. The zero-order valence-corrected chi connectivity index (χ0v) is 10.8. The van der Waals surface area contributed by atoms with Crippen LogP contribution in [0.2, 0.25) is 0 Å². The first kappa shape index (κ1) is 12.4. The molecule has 0 saturated heterocycles. The maximum Gasteiger partial charge on any atom is -0.0156 e. The molecule has 0 bridgehead atoms. The fourth-order valence-corrected chi connectivity index (χ4v) is 3.59. The summed E-state index contributed by atoms with van der Waals surface area (Å²) in [6.07, 6.45) is 2.70. The van der Waals surface area contributed by atoms with Gasteiger partial charge in [-0.3, -0.25) is 0 Å². The van der Waals surface area contributed by atoms with Gasteiger partial charge >= 0.3 is 0 Å². The molecular weight excluding hydrogens is 163 g/mol. The van der Waals surface area contributed by atoms with E-state index in [2.05, 4.69) is 48.2 Å². The van der Waals surface area contributed by atoms with E-state index < -0.39 is 0 Å². The van der Waals surface area contributed by atoms with Crippen molar-refractivity contribution >= 4 is 7.92 Å². The third-order valence-electron chi connectivity index (χ3n) is 2.61. The zero-order valence-electron chi connectivity index (χ0n) is 9.86. The van der Waals surface area contributed by atoms with Gasteiger partial charge in [0.25, 0.3) is 0 Å². The van der Waals surface area contributed by atoms with Crippen molar-refractivity contribution in [3.05, 3.63) is 0 Å². The van der Waals surface area contributed by atoms with E-state index in [1.807, 2.05) is 0 Å². The lowest BCUT2D eigenvalue weighted by atomic mass is 10.0. The lowest BCUT2D eigenvalue weighted by Gasteiger charge is -2.35. The normalized spacial score (nSPS) is 16.2. The second-order valence-electron chi connectivity index (χ2n) is 5.58. The first-order valence-corrected chi connectivity index (χ1v) is 6.88. The Labute approximate surface area is 79.9 Å². The molecular formula is C11H25P. The van der Waals surface area contributed by atoms with Gasteiger partial charge in [-0.25, -0.2) is 0 Å². The molecule has 0 aromatic heterocycles. The van der Waals surface area contributed by atoms with Crippen LogP contribution in [-0.2, 0) is 0 Å². The largest absolute Gasteiger partial charge is 0.104 e. The standard InChI is InChI=1S/C11H25P/c1-8-11(5,6)12(7)9-10(2,3)4/h8-9H2,1-7H3. The zero-order chi connectivity index (χ0) is 9.99. The van der Waals surface area contributed by atoms with E-state index >= 15 is 0 Å². The lowest BCUT2D eigenvalue weighted by Crippen LogP contribution is -2.22. The number of rotatable bonds is 3. The molecule has 1 heteroatoms. The van der Waals surface area contributed by atoms with Crippen LogP contribution in [0.15, 0.2) is 0 Å². The smallest absolute Gasteiger partial charge is 0.0156 e. The van der Waals surface area contributed by atoms with Crippen molar-refractivity contribution in [2.45, 2.75) is 53.1 Å². The molecule has 0 aromatic carbocycles. The third kappa shape index (κ3) is 4.45. The van der Waals surface area contributed by atoms with Crippen molar-refractivity contribution in [3.63, 3.8) is 0 Å². The summed E-state index contributed by atoms with van der Waals surface area (Å²) in [5.41, 5.74) is 0.507. The molecule has 12 heavy (non-hydrogen) atoms. The van der Waals surface area contributed by atoms with Crippen LogP contribution in [0.3, 0.4) is 0 Å². The van der Waals surface area contributed by atoms with Crippen LogP contribution in [0.4, 0.5) is 0 Å². The minimum atomic E-state index is 0.188. The van der Waals surface area contributed by atoms with Crippen LogP contribution in [-0.4, -0.2) is 18.0 Å². The van der Waals surface area contributed by atoms with Crippen molar-refractivity contribution < 1.29 is 0 Å². The molecule has 0 aliphatic rings. The summed E-state index contributed by atoms with van der Waals surface area (Å²) in [5, 5.41) is 0.572. The molecule has 0 fully saturated rings. The van der Waals surface area contributed by atoms with E-state index in [4.69, 9.17) is 0 Å². The van der Waals surface area contributed by atoms with Crippen molar-refractivity contribution in [3.8, 4) is 0 Å². The molecule has 0 N–H and O–H groups in total. The molecule has 0 aliphatic carbocycles. The minimum Gasteiger partial charge on any atom is -0.104 e. The van der Waals surface area contributed by atoms with Crippen LogP contribution in [0.1, 0.15) is 48.0 Å². The molecule has 0 amide bonds. The topological polar surface area (TPSA) is 0 Å². The van der Waals surface area contributed by atoms with E-state index in [1.165, 1.54) is 12.6 Å². The maximum absolute atomic E-state index is 2.45. The molecule has 74 valence electrons. The van der Waals surface area contributed by atoms with E-state index in [0.29, 0.717) is 10.6 Å². The Bertz CT molecular complexity index is 130. The van der Waals surface area contributed by atoms with Crippen LogP contribution < -0.4 is 0 Å². The Morgan fingerprint density at radius 3 is 1.67 bits per heavy atom. The quantitative estimate of drug-likeness (QED) is 0.578. The fraction of sp³-hybridized carbons (Fsp3) is 1.00. The maximum atomic E-state index is 2.45. The van der Waals surface area contributed by atoms with Gasteiger partial charge in [-0.1, -0.05) is 41.5 Å². The second-order valence-corrected chi connectivity index (χ2v) is 8.51. The van der Waals surface area contributed by atoms with Crippen molar-refractivity contribution in [2.75, 3.05) is 12.8 Å². The summed E-state index contributed by atoms with van der Waals surface area (Å²) in [6.45, 7) is 16.6. The molecule has 0 radical (unpaired) electrons. The average Bonchev–Trinajstić information content (AvgIpc) is 1.84. The highest BCUT2D eigenvalue weighted by molar-refractivity contribution is 7.58. The Hall–Kier alpha value is 0.430. The van der Waals surface area contributed by atoms with E-state index in [1.54, 1.807) is 0 Å². The molecule has 1 unspecified atom stereocenters. The van der Waals surface area contributed by atoms with Crippen LogP contribution in [0.5, 0.6) is 0 Å². The molecule has 0 saturated carbocycles. The van der Waals surface area contributed by atoms with Gasteiger partial charge in [0.1, 0.15) is 0 Å². The fourth-order valence-electron chi connectivity index (χ4n) is 1.20. The van der Waals surface area contributed by atoms with E-state index in [0.717, 1.165) is 0 Å². The van der Waals surface area contributed by atoms with E-state index in [-0.39, 0.29) is 7.92 Å². The number of hydrogen-bond donors (Lipinski definition) is 0. The van der Waals surface area contributed by atoms with Gasteiger partial charge in [-0.05, 0) is 29.8 Å². The Morgan fingerprint density at radius 2 is 1.42 bits per heavy atom. The van der Waals surface area contributed by atoms with Crippen LogP contribution in [0.25, 0.3) is 0 Å². The predicted octanol–water partition coefficient (Wildman–Crippen LogP) is 4.33. The average molecular weight is 188 g/mol. The molecule has 0 nitrogen and oxygen atoms in total. The summed E-state index contributed by atoms with van der Waals surface area (Å²) in [6, 6.07) is 0. The molecule has 0 spiro atoms. The van der Waals surface area contributed by atoms with Gasteiger partial charge < -0.3 is 0 Å². The summed E-state index contributed by atoms with van der Waals surface area (Å²) >= 11 is 0. The number of hydrogen-bond acceptors (Lipinski definition) is 0. The lowest BCUT2D eigenvalue weighted by molar-refractivity contribution is 0.472. The highest BCUT2D eigenvalue weighted by Gasteiger charge is 2.26. The van der Waals surface area contributed by atoms with Gasteiger partial charge in [0.05, 0.1) is 0 Å². The Morgan fingerprint density at radius 1 is 1.00 bits per heavy atom. The summed E-state index contributed by atoms with van der Waals surface area (Å²) < 4.78 is 0.